The molecule has 0 unspecified atom stereocenters. The number of aryl methyl sites for hydroxylation is 1. The van der Waals surface area contributed by atoms with E-state index in [1.165, 1.54) is 0 Å². The van der Waals surface area contributed by atoms with Crippen molar-refractivity contribution in [2.24, 2.45) is 0 Å². The summed E-state index contributed by atoms with van der Waals surface area (Å²) in [5.74, 6) is -0.602. The molecule has 0 radical (unpaired) electrons. The van der Waals surface area contributed by atoms with Crippen molar-refractivity contribution in [3.63, 3.8) is 0 Å². The summed E-state index contributed by atoms with van der Waals surface area (Å²) >= 11 is 5.85. The van der Waals surface area contributed by atoms with E-state index in [1.54, 1.807) is 18.2 Å². The van der Waals surface area contributed by atoms with Crippen molar-refractivity contribution in [3.05, 3.63) is 28.8 Å². The fourth-order valence-corrected chi connectivity index (χ4v) is 3.05. The minimum Gasteiger partial charge on any atom is -0.482 e. The zero-order valence-electron chi connectivity index (χ0n) is 14.1. The van der Waals surface area contributed by atoms with Crippen molar-refractivity contribution in [1.29, 1.82) is 5.26 Å². The number of hydrogen-bond acceptors (Lipinski definition) is 5. The van der Waals surface area contributed by atoms with E-state index >= 15 is 0 Å². The van der Waals surface area contributed by atoms with E-state index in [2.05, 4.69) is 11.4 Å². The third kappa shape index (κ3) is 5.64. The molecule has 0 saturated heterocycles. The second-order valence-electron chi connectivity index (χ2n) is 6.16. The van der Waals surface area contributed by atoms with Gasteiger partial charge in [0.05, 0.1) is 6.07 Å². The number of rotatable bonds is 6. The molecular formula is C18H21ClN2O4. The maximum absolute atomic E-state index is 12.0. The highest BCUT2D eigenvalue weighted by Gasteiger charge is 2.33. The molecule has 2 rings (SSSR count). The summed E-state index contributed by atoms with van der Waals surface area (Å²) in [7, 11) is 0. The fraction of sp³-hybridized carbons (Fsp3) is 0.500. The van der Waals surface area contributed by atoms with Crippen LogP contribution in [0.4, 0.5) is 0 Å². The molecule has 134 valence electrons. The summed E-state index contributed by atoms with van der Waals surface area (Å²) < 4.78 is 10.3. The highest BCUT2D eigenvalue weighted by atomic mass is 35.5. The molecule has 1 N–H and O–H groups in total. The molecule has 1 aliphatic rings. The maximum atomic E-state index is 12.0. The molecule has 1 fully saturated rings. The van der Waals surface area contributed by atoms with Gasteiger partial charge in [0.15, 0.2) is 13.2 Å². The highest BCUT2D eigenvalue weighted by Crippen LogP contribution is 2.27. The van der Waals surface area contributed by atoms with Crippen LogP contribution in [0.5, 0.6) is 5.75 Å². The van der Waals surface area contributed by atoms with Crippen LogP contribution in [-0.2, 0) is 14.3 Å². The molecule has 0 atom stereocenters. The number of halogens is 1. The Hall–Kier alpha value is -2.26. The summed E-state index contributed by atoms with van der Waals surface area (Å²) in [6.45, 7) is 1.08. The van der Waals surface area contributed by atoms with E-state index < -0.39 is 24.0 Å². The van der Waals surface area contributed by atoms with Gasteiger partial charge in [0, 0.05) is 5.02 Å². The quantitative estimate of drug-likeness (QED) is 0.784. The Balaban J connectivity index is 1.75. The Morgan fingerprint density at radius 1 is 1.28 bits per heavy atom. The molecule has 1 saturated carbocycles. The highest BCUT2D eigenvalue weighted by molar-refractivity contribution is 6.30. The molecule has 1 aromatic carbocycles. The van der Waals surface area contributed by atoms with Gasteiger partial charge in [-0.3, -0.25) is 4.79 Å². The van der Waals surface area contributed by atoms with Gasteiger partial charge in [-0.05, 0) is 43.5 Å². The lowest BCUT2D eigenvalue weighted by Crippen LogP contribution is -2.50. The Bertz CT molecular complexity index is 678. The molecule has 7 heteroatoms. The second-order valence-corrected chi connectivity index (χ2v) is 6.60. The Labute approximate surface area is 152 Å². The Morgan fingerprint density at radius 2 is 2.00 bits per heavy atom. The summed E-state index contributed by atoms with van der Waals surface area (Å²) in [5.41, 5.74) is -0.0372. The van der Waals surface area contributed by atoms with Gasteiger partial charge in [-0.1, -0.05) is 30.9 Å². The molecule has 25 heavy (non-hydrogen) atoms. The SMILES string of the molecule is Cc1cc(Cl)ccc1OCC(=O)OCC(=O)NC1(C#N)CCCCC1. The van der Waals surface area contributed by atoms with Crippen molar-refractivity contribution in [1.82, 2.24) is 5.32 Å². The van der Waals surface area contributed by atoms with Gasteiger partial charge in [0.1, 0.15) is 11.3 Å². The maximum Gasteiger partial charge on any atom is 0.344 e. The van der Waals surface area contributed by atoms with Gasteiger partial charge >= 0.3 is 5.97 Å². The number of benzene rings is 1. The van der Waals surface area contributed by atoms with Crippen LogP contribution in [0.2, 0.25) is 5.02 Å². The first-order valence-electron chi connectivity index (χ1n) is 8.21. The fourth-order valence-electron chi connectivity index (χ4n) is 2.82. The van der Waals surface area contributed by atoms with Crippen LogP contribution in [0.3, 0.4) is 0 Å². The molecule has 0 bridgehead atoms. The van der Waals surface area contributed by atoms with Crippen molar-refractivity contribution in [2.45, 2.75) is 44.6 Å². The zero-order valence-corrected chi connectivity index (χ0v) is 14.9. The molecule has 0 spiro atoms. The number of amides is 1. The normalized spacial score (nSPS) is 15.7. The molecule has 1 aliphatic carbocycles. The molecule has 6 nitrogen and oxygen atoms in total. The second kappa shape index (κ2) is 8.72. The number of nitriles is 1. The Morgan fingerprint density at radius 3 is 2.64 bits per heavy atom. The molecule has 0 heterocycles. The van der Waals surface area contributed by atoms with Gasteiger partial charge in [0.25, 0.3) is 5.91 Å². The van der Waals surface area contributed by atoms with Crippen LogP contribution in [0.25, 0.3) is 0 Å². The van der Waals surface area contributed by atoms with Gasteiger partial charge in [-0.15, -0.1) is 0 Å². The van der Waals surface area contributed by atoms with Crippen LogP contribution >= 0.6 is 11.6 Å². The lowest BCUT2D eigenvalue weighted by molar-refractivity contribution is -0.150. The first-order chi connectivity index (χ1) is 11.9. The minimum atomic E-state index is -0.835. The van der Waals surface area contributed by atoms with E-state index in [-0.39, 0.29) is 6.61 Å². The molecule has 0 aliphatic heterocycles. The third-order valence-electron chi connectivity index (χ3n) is 4.15. The minimum absolute atomic E-state index is 0.306. The van der Waals surface area contributed by atoms with Crippen LogP contribution in [0.15, 0.2) is 18.2 Å². The van der Waals surface area contributed by atoms with E-state index in [0.717, 1.165) is 24.8 Å². The first kappa shape index (κ1) is 19.1. The van der Waals surface area contributed by atoms with E-state index in [1.807, 2.05) is 6.92 Å². The van der Waals surface area contributed by atoms with E-state index in [0.29, 0.717) is 23.6 Å². The summed E-state index contributed by atoms with van der Waals surface area (Å²) in [5, 5.41) is 12.6. The van der Waals surface area contributed by atoms with Crippen molar-refractivity contribution < 1.29 is 19.1 Å². The van der Waals surface area contributed by atoms with Crippen LogP contribution in [0, 0.1) is 18.3 Å². The smallest absolute Gasteiger partial charge is 0.344 e. The van der Waals surface area contributed by atoms with Crippen molar-refractivity contribution in [2.75, 3.05) is 13.2 Å². The number of nitrogens with one attached hydrogen (secondary N) is 1. The number of hydrogen-bond donors (Lipinski definition) is 1. The average molecular weight is 365 g/mol. The molecule has 0 aromatic heterocycles. The van der Waals surface area contributed by atoms with Gasteiger partial charge in [0.2, 0.25) is 0 Å². The number of nitrogens with zero attached hydrogens (tertiary/aromatic N) is 1. The van der Waals surface area contributed by atoms with Crippen LogP contribution in [0.1, 0.15) is 37.7 Å². The largest absolute Gasteiger partial charge is 0.482 e. The molecule has 1 amide bonds. The lowest BCUT2D eigenvalue weighted by Gasteiger charge is -2.31. The van der Waals surface area contributed by atoms with Crippen molar-refractivity contribution >= 4 is 23.5 Å². The van der Waals surface area contributed by atoms with Crippen molar-refractivity contribution in [3.8, 4) is 11.8 Å². The molecule has 1 aromatic rings. The predicted octanol–water partition coefficient (Wildman–Crippen LogP) is 2.91. The van der Waals surface area contributed by atoms with Crippen LogP contribution in [-0.4, -0.2) is 30.6 Å². The molecular weight excluding hydrogens is 344 g/mol. The third-order valence-corrected chi connectivity index (χ3v) is 4.38. The zero-order chi connectivity index (χ0) is 18.3. The predicted molar refractivity (Wildman–Crippen MR) is 92.2 cm³/mol. The average Bonchev–Trinajstić information content (AvgIpc) is 2.60. The number of esters is 1. The topological polar surface area (TPSA) is 88.4 Å². The number of carbonyl (C=O) groups is 2. The number of ether oxygens (including phenoxy) is 2. The Kier molecular flexibility index (Phi) is 6.65. The number of carbonyl (C=O) groups excluding carboxylic acids is 2. The van der Waals surface area contributed by atoms with Gasteiger partial charge < -0.3 is 14.8 Å². The summed E-state index contributed by atoms with van der Waals surface area (Å²) in [4.78, 5) is 23.7. The first-order valence-corrected chi connectivity index (χ1v) is 8.59. The van der Waals surface area contributed by atoms with Crippen LogP contribution < -0.4 is 10.1 Å². The summed E-state index contributed by atoms with van der Waals surface area (Å²) in [6.07, 6.45) is 4.13. The summed E-state index contributed by atoms with van der Waals surface area (Å²) in [6, 6.07) is 7.23. The van der Waals surface area contributed by atoms with E-state index in [4.69, 9.17) is 21.1 Å². The van der Waals surface area contributed by atoms with Gasteiger partial charge in [-0.2, -0.15) is 5.26 Å². The van der Waals surface area contributed by atoms with E-state index in [9.17, 15) is 14.9 Å². The monoisotopic (exact) mass is 364 g/mol. The lowest BCUT2D eigenvalue weighted by atomic mass is 9.83. The van der Waals surface area contributed by atoms with Gasteiger partial charge in [-0.25, -0.2) is 4.79 Å². The standard InChI is InChI=1S/C18H21ClN2O4/c1-13-9-14(19)5-6-15(13)24-11-17(23)25-10-16(22)21-18(12-20)7-3-2-4-8-18/h5-6,9H,2-4,7-8,10-11H2,1H3,(H,21,22).